The molecule has 0 aliphatic rings. The van der Waals surface area contributed by atoms with Gasteiger partial charge in [0, 0.05) is 12.5 Å². The minimum Gasteiger partial charge on any atom is -0.497 e. The van der Waals surface area contributed by atoms with Gasteiger partial charge in [0.25, 0.3) is 0 Å². The van der Waals surface area contributed by atoms with Crippen LogP contribution in [0.15, 0.2) is 53.1 Å². The van der Waals surface area contributed by atoms with Gasteiger partial charge in [-0.05, 0) is 43.3 Å². The highest BCUT2D eigenvalue weighted by atomic mass is 19.1. The van der Waals surface area contributed by atoms with Crippen LogP contribution in [0, 0.1) is 5.82 Å². The third kappa shape index (κ3) is 4.26. The lowest BCUT2D eigenvalue weighted by Crippen LogP contribution is -2.22. The van der Waals surface area contributed by atoms with E-state index in [-0.39, 0.29) is 11.9 Å². The van der Waals surface area contributed by atoms with E-state index in [4.69, 9.17) is 9.26 Å². The van der Waals surface area contributed by atoms with E-state index < -0.39 is 0 Å². The standard InChI is InChI=1S/C20H22FN3O2/c1-14(15-8-6-9-17(11-15)25-3)24(2)13-20-22-19(23-26-20)12-16-7-4-5-10-18(16)21/h4-11,14H,12-13H2,1-3H3/t14-/m0/s1. The zero-order valence-corrected chi connectivity index (χ0v) is 15.1. The van der Waals surface area contributed by atoms with Gasteiger partial charge >= 0.3 is 0 Å². The number of aromatic nitrogens is 2. The van der Waals surface area contributed by atoms with Crippen LogP contribution in [0.3, 0.4) is 0 Å². The molecular formula is C20H22FN3O2. The van der Waals surface area contributed by atoms with Crippen molar-refractivity contribution in [1.29, 1.82) is 0 Å². The van der Waals surface area contributed by atoms with Crippen molar-refractivity contribution in [2.45, 2.75) is 25.9 Å². The van der Waals surface area contributed by atoms with Gasteiger partial charge in [0.2, 0.25) is 5.89 Å². The maximum absolute atomic E-state index is 13.7. The van der Waals surface area contributed by atoms with Crippen LogP contribution >= 0.6 is 0 Å². The van der Waals surface area contributed by atoms with E-state index in [1.165, 1.54) is 6.07 Å². The first-order valence-corrected chi connectivity index (χ1v) is 8.46. The number of rotatable bonds is 7. The molecule has 0 aliphatic carbocycles. The van der Waals surface area contributed by atoms with Gasteiger partial charge in [0.05, 0.1) is 13.7 Å². The Hall–Kier alpha value is -2.73. The fraction of sp³-hybridized carbons (Fsp3) is 0.300. The van der Waals surface area contributed by atoms with Crippen LogP contribution in [-0.4, -0.2) is 29.2 Å². The van der Waals surface area contributed by atoms with Crippen molar-refractivity contribution in [3.05, 3.63) is 77.2 Å². The number of benzene rings is 2. The fourth-order valence-electron chi connectivity index (χ4n) is 2.74. The molecule has 5 nitrogen and oxygen atoms in total. The van der Waals surface area contributed by atoms with E-state index in [9.17, 15) is 4.39 Å². The molecule has 0 amide bonds. The average molecular weight is 355 g/mol. The second-order valence-corrected chi connectivity index (χ2v) is 6.24. The first kappa shape index (κ1) is 18.1. The summed E-state index contributed by atoms with van der Waals surface area (Å²) in [4.78, 5) is 6.49. The summed E-state index contributed by atoms with van der Waals surface area (Å²) in [5.41, 5.74) is 1.69. The summed E-state index contributed by atoms with van der Waals surface area (Å²) in [6.45, 7) is 2.61. The highest BCUT2D eigenvalue weighted by molar-refractivity contribution is 5.30. The molecule has 0 N–H and O–H groups in total. The highest BCUT2D eigenvalue weighted by Gasteiger charge is 2.16. The highest BCUT2D eigenvalue weighted by Crippen LogP contribution is 2.24. The Bertz CT molecular complexity index is 866. The molecule has 2 aromatic carbocycles. The second-order valence-electron chi connectivity index (χ2n) is 6.24. The van der Waals surface area contributed by atoms with Crippen molar-refractivity contribution in [2.24, 2.45) is 0 Å². The van der Waals surface area contributed by atoms with E-state index in [0.717, 1.165) is 11.3 Å². The Labute approximate surface area is 152 Å². The average Bonchev–Trinajstić information content (AvgIpc) is 3.10. The van der Waals surface area contributed by atoms with E-state index in [2.05, 4.69) is 28.0 Å². The Balaban J connectivity index is 1.65. The molecule has 0 fully saturated rings. The molecule has 136 valence electrons. The maximum Gasteiger partial charge on any atom is 0.240 e. The molecule has 0 spiro atoms. The van der Waals surface area contributed by atoms with Crippen LogP contribution in [0.2, 0.25) is 0 Å². The SMILES string of the molecule is COc1cccc([C@H](C)N(C)Cc2nc(Cc3ccccc3F)no2)c1. The molecule has 0 saturated carbocycles. The Morgan fingerprint density at radius 1 is 1.19 bits per heavy atom. The number of hydrogen-bond donors (Lipinski definition) is 0. The molecule has 0 radical (unpaired) electrons. The van der Waals surface area contributed by atoms with Gasteiger partial charge in [-0.2, -0.15) is 4.98 Å². The molecule has 6 heteroatoms. The molecular weight excluding hydrogens is 333 g/mol. The number of nitrogens with zero attached hydrogens (tertiary/aromatic N) is 3. The van der Waals surface area contributed by atoms with Crippen LogP contribution in [-0.2, 0) is 13.0 Å². The van der Waals surface area contributed by atoms with E-state index in [0.29, 0.717) is 30.2 Å². The normalized spacial score (nSPS) is 12.3. The summed E-state index contributed by atoms with van der Waals surface area (Å²) in [7, 11) is 3.65. The van der Waals surface area contributed by atoms with Crippen molar-refractivity contribution in [1.82, 2.24) is 15.0 Å². The topological polar surface area (TPSA) is 51.4 Å². The van der Waals surface area contributed by atoms with Crippen LogP contribution in [0.4, 0.5) is 4.39 Å². The summed E-state index contributed by atoms with van der Waals surface area (Å²) in [5.74, 6) is 1.55. The van der Waals surface area contributed by atoms with Crippen molar-refractivity contribution in [2.75, 3.05) is 14.2 Å². The predicted molar refractivity (Wildman–Crippen MR) is 96.4 cm³/mol. The maximum atomic E-state index is 13.7. The van der Waals surface area contributed by atoms with Crippen molar-refractivity contribution in [3.63, 3.8) is 0 Å². The third-order valence-electron chi connectivity index (χ3n) is 4.44. The van der Waals surface area contributed by atoms with Gasteiger partial charge in [-0.25, -0.2) is 4.39 Å². The Morgan fingerprint density at radius 2 is 2.00 bits per heavy atom. The zero-order valence-electron chi connectivity index (χ0n) is 15.1. The smallest absolute Gasteiger partial charge is 0.240 e. The molecule has 1 aromatic heterocycles. The number of halogens is 1. The predicted octanol–water partition coefficient (Wildman–Crippen LogP) is 4.00. The van der Waals surface area contributed by atoms with Crippen LogP contribution < -0.4 is 4.74 Å². The first-order chi connectivity index (χ1) is 12.6. The number of methoxy groups -OCH3 is 1. The zero-order chi connectivity index (χ0) is 18.5. The van der Waals surface area contributed by atoms with Crippen LogP contribution in [0.5, 0.6) is 5.75 Å². The largest absolute Gasteiger partial charge is 0.497 e. The molecule has 3 rings (SSSR count). The second kappa shape index (κ2) is 8.10. The summed E-state index contributed by atoms with van der Waals surface area (Å²) in [5, 5.41) is 3.97. The lowest BCUT2D eigenvalue weighted by Gasteiger charge is -2.23. The van der Waals surface area contributed by atoms with E-state index >= 15 is 0 Å². The monoisotopic (exact) mass is 355 g/mol. The van der Waals surface area contributed by atoms with Crippen molar-refractivity contribution in [3.8, 4) is 5.75 Å². The van der Waals surface area contributed by atoms with Gasteiger partial charge in [0.15, 0.2) is 5.82 Å². The lowest BCUT2D eigenvalue weighted by atomic mass is 10.1. The molecule has 26 heavy (non-hydrogen) atoms. The summed E-state index contributed by atoms with van der Waals surface area (Å²) >= 11 is 0. The molecule has 1 atom stereocenters. The number of hydrogen-bond acceptors (Lipinski definition) is 5. The molecule has 0 bridgehead atoms. The van der Waals surface area contributed by atoms with Gasteiger partial charge in [-0.15, -0.1) is 0 Å². The first-order valence-electron chi connectivity index (χ1n) is 8.46. The Kier molecular flexibility index (Phi) is 5.63. The molecule has 3 aromatic rings. The fourth-order valence-corrected chi connectivity index (χ4v) is 2.74. The van der Waals surface area contributed by atoms with Crippen molar-refractivity contribution < 1.29 is 13.7 Å². The van der Waals surface area contributed by atoms with Gasteiger partial charge in [0.1, 0.15) is 11.6 Å². The van der Waals surface area contributed by atoms with Gasteiger partial charge in [-0.1, -0.05) is 35.5 Å². The number of ether oxygens (including phenoxy) is 1. The van der Waals surface area contributed by atoms with Gasteiger partial charge in [-0.3, -0.25) is 4.90 Å². The summed E-state index contributed by atoms with van der Waals surface area (Å²) < 4.78 is 24.4. The van der Waals surface area contributed by atoms with Crippen LogP contribution in [0.25, 0.3) is 0 Å². The quantitative estimate of drug-likeness (QED) is 0.641. The summed E-state index contributed by atoms with van der Waals surface area (Å²) in [6.07, 6.45) is 0.311. The molecule has 1 heterocycles. The molecule has 0 saturated heterocycles. The minimum absolute atomic E-state index is 0.145. The van der Waals surface area contributed by atoms with E-state index in [1.807, 2.05) is 25.2 Å². The van der Waals surface area contributed by atoms with E-state index in [1.54, 1.807) is 25.3 Å². The third-order valence-corrected chi connectivity index (χ3v) is 4.44. The van der Waals surface area contributed by atoms with Crippen molar-refractivity contribution >= 4 is 0 Å². The van der Waals surface area contributed by atoms with Gasteiger partial charge < -0.3 is 9.26 Å². The summed E-state index contributed by atoms with van der Waals surface area (Å²) in [6, 6.07) is 14.7. The molecule has 0 unspecified atom stereocenters. The Morgan fingerprint density at radius 3 is 2.77 bits per heavy atom. The minimum atomic E-state index is -0.261. The van der Waals surface area contributed by atoms with Crippen LogP contribution in [0.1, 0.15) is 35.8 Å². The molecule has 0 aliphatic heterocycles. The lowest BCUT2D eigenvalue weighted by molar-refractivity contribution is 0.216.